The van der Waals surface area contributed by atoms with Gasteiger partial charge in [0.05, 0.1) is 24.4 Å². The van der Waals surface area contributed by atoms with Gasteiger partial charge in [-0.15, -0.1) is 0 Å². The van der Waals surface area contributed by atoms with Crippen LogP contribution in [0.1, 0.15) is 18.3 Å². The van der Waals surface area contributed by atoms with Crippen molar-refractivity contribution in [1.29, 1.82) is 0 Å². The third-order valence-electron chi connectivity index (χ3n) is 5.22. The zero-order chi connectivity index (χ0) is 22.8. The van der Waals surface area contributed by atoms with Gasteiger partial charge in [0, 0.05) is 37.5 Å². The van der Waals surface area contributed by atoms with E-state index in [9.17, 15) is 9.59 Å². The quantitative estimate of drug-likeness (QED) is 0.611. The maximum atomic E-state index is 12.8. The summed E-state index contributed by atoms with van der Waals surface area (Å²) in [5.41, 5.74) is 3.00. The predicted octanol–water partition coefficient (Wildman–Crippen LogP) is 2.32. The Morgan fingerprint density at radius 2 is 1.81 bits per heavy atom. The van der Waals surface area contributed by atoms with E-state index >= 15 is 0 Å². The molecule has 1 aromatic carbocycles. The lowest BCUT2D eigenvalue weighted by Crippen LogP contribution is -2.52. The first-order chi connectivity index (χ1) is 15.3. The number of benzene rings is 1. The van der Waals surface area contributed by atoms with Gasteiger partial charge in [-0.3, -0.25) is 9.59 Å². The van der Waals surface area contributed by atoms with Gasteiger partial charge < -0.3 is 20.3 Å². The number of hydrogen-bond donors (Lipinski definition) is 2. The third kappa shape index (κ3) is 4.39. The molecule has 2 amide bonds. The van der Waals surface area contributed by atoms with E-state index in [4.69, 9.17) is 4.74 Å². The summed E-state index contributed by atoms with van der Waals surface area (Å²) in [5, 5.41) is 10.1. The highest BCUT2D eigenvalue weighted by atomic mass is 16.5. The first-order valence-corrected chi connectivity index (χ1v) is 10.2. The second kappa shape index (κ2) is 8.66. The minimum Gasteiger partial charge on any atom is -0.495 e. The Labute approximate surface area is 185 Å². The lowest BCUT2D eigenvalue weighted by atomic mass is 9.99. The molecular formula is C22H25N7O3. The molecule has 32 heavy (non-hydrogen) atoms. The van der Waals surface area contributed by atoms with Crippen molar-refractivity contribution < 1.29 is 14.3 Å². The van der Waals surface area contributed by atoms with Crippen LogP contribution in [0.2, 0.25) is 0 Å². The van der Waals surface area contributed by atoms with Crippen LogP contribution in [-0.2, 0) is 9.59 Å². The van der Waals surface area contributed by atoms with Gasteiger partial charge in [0.25, 0.3) is 0 Å². The lowest BCUT2D eigenvalue weighted by molar-refractivity contribution is -0.120. The van der Waals surface area contributed by atoms with Gasteiger partial charge in [-0.05, 0) is 38.1 Å². The van der Waals surface area contributed by atoms with Crippen molar-refractivity contribution in [2.75, 3.05) is 35.7 Å². The molecule has 1 saturated heterocycles. The number of amides is 2. The van der Waals surface area contributed by atoms with Crippen molar-refractivity contribution in [3.8, 4) is 11.6 Å². The van der Waals surface area contributed by atoms with E-state index in [2.05, 4.69) is 25.7 Å². The maximum absolute atomic E-state index is 12.8. The van der Waals surface area contributed by atoms with Crippen LogP contribution in [0.3, 0.4) is 0 Å². The second-order valence-corrected chi connectivity index (χ2v) is 7.76. The maximum Gasteiger partial charge on any atom is 0.231 e. The summed E-state index contributed by atoms with van der Waals surface area (Å²) >= 11 is 0. The number of nitrogens with one attached hydrogen (secondary N) is 2. The number of nitrogens with zero attached hydrogens (tertiary/aromatic N) is 5. The number of aryl methyl sites for hydroxylation is 2. The number of carbonyl (C=O) groups excluding carboxylic acids is 2. The van der Waals surface area contributed by atoms with Crippen LogP contribution < -0.4 is 20.3 Å². The molecule has 0 unspecified atom stereocenters. The molecule has 2 aromatic heterocycles. The molecule has 4 rings (SSSR count). The number of methoxy groups -OCH3 is 1. The Kier molecular flexibility index (Phi) is 5.76. The molecule has 3 aromatic rings. The van der Waals surface area contributed by atoms with Crippen LogP contribution in [-0.4, -0.2) is 51.8 Å². The number of aromatic nitrogens is 4. The fraction of sp³-hybridized carbons (Fsp3) is 0.318. The molecule has 3 heterocycles. The molecule has 0 bridgehead atoms. The lowest BCUT2D eigenvalue weighted by Gasteiger charge is -2.39. The van der Waals surface area contributed by atoms with Crippen LogP contribution in [0.15, 0.2) is 36.7 Å². The van der Waals surface area contributed by atoms with Gasteiger partial charge >= 0.3 is 0 Å². The number of carbonyl (C=O) groups is 2. The number of hydrogen-bond acceptors (Lipinski definition) is 7. The topological polar surface area (TPSA) is 114 Å². The summed E-state index contributed by atoms with van der Waals surface area (Å²) in [7, 11) is 1.53. The summed E-state index contributed by atoms with van der Waals surface area (Å²) in [4.78, 5) is 34.8. The minimum atomic E-state index is -0.198. The first-order valence-electron chi connectivity index (χ1n) is 10.2. The van der Waals surface area contributed by atoms with E-state index in [0.29, 0.717) is 36.0 Å². The Morgan fingerprint density at radius 1 is 1.06 bits per heavy atom. The molecule has 0 radical (unpaired) electrons. The first kappa shape index (κ1) is 21.3. The Morgan fingerprint density at radius 3 is 2.47 bits per heavy atom. The highest BCUT2D eigenvalue weighted by molar-refractivity contribution is 5.97. The number of rotatable bonds is 6. The standard InChI is InChI=1S/C22H25N7O3/c1-13-7-14(2)29(27-13)21-9-20(23-12-24-21)28-10-16(11-28)22(31)26-18-8-17(25-15(3)30)5-6-19(18)32-4/h5-9,12,16H,10-11H2,1-4H3,(H,25,30)(H,26,31). The molecule has 1 fully saturated rings. The summed E-state index contributed by atoms with van der Waals surface area (Å²) in [5.74, 6) is 1.45. The molecule has 0 aliphatic carbocycles. The predicted molar refractivity (Wildman–Crippen MR) is 120 cm³/mol. The van der Waals surface area contributed by atoms with E-state index in [1.165, 1.54) is 20.4 Å². The van der Waals surface area contributed by atoms with E-state index in [-0.39, 0.29) is 17.7 Å². The van der Waals surface area contributed by atoms with Gasteiger partial charge in [-0.25, -0.2) is 14.6 Å². The van der Waals surface area contributed by atoms with E-state index in [1.807, 2.05) is 30.9 Å². The molecule has 1 aliphatic heterocycles. The van der Waals surface area contributed by atoms with Crippen molar-refractivity contribution in [2.24, 2.45) is 5.92 Å². The summed E-state index contributed by atoms with van der Waals surface area (Å²) in [6, 6.07) is 8.96. The van der Waals surface area contributed by atoms with Crippen LogP contribution in [0.5, 0.6) is 5.75 Å². The third-order valence-corrected chi connectivity index (χ3v) is 5.22. The molecule has 0 atom stereocenters. The zero-order valence-electron chi connectivity index (χ0n) is 18.4. The molecule has 10 heteroatoms. The number of anilines is 3. The monoisotopic (exact) mass is 435 g/mol. The van der Waals surface area contributed by atoms with Gasteiger partial charge in [-0.1, -0.05) is 0 Å². The van der Waals surface area contributed by atoms with Crippen LogP contribution in [0.25, 0.3) is 5.82 Å². The summed E-state index contributed by atoms with van der Waals surface area (Å²) < 4.78 is 7.11. The molecule has 2 N–H and O–H groups in total. The Hall–Kier alpha value is -3.95. The largest absolute Gasteiger partial charge is 0.495 e. The van der Waals surface area contributed by atoms with Gasteiger partial charge in [0.2, 0.25) is 11.8 Å². The molecule has 1 aliphatic rings. The SMILES string of the molecule is COc1ccc(NC(C)=O)cc1NC(=O)C1CN(c2cc(-n3nc(C)cc3C)ncn2)C1. The fourth-order valence-electron chi connectivity index (χ4n) is 3.64. The molecular weight excluding hydrogens is 410 g/mol. The normalized spacial score (nSPS) is 13.4. The number of ether oxygens (including phenoxy) is 1. The highest BCUT2D eigenvalue weighted by Crippen LogP contribution is 2.30. The van der Waals surface area contributed by atoms with Crippen molar-refractivity contribution in [3.63, 3.8) is 0 Å². The van der Waals surface area contributed by atoms with Crippen molar-refractivity contribution >= 4 is 29.0 Å². The van der Waals surface area contributed by atoms with Crippen molar-refractivity contribution in [1.82, 2.24) is 19.7 Å². The van der Waals surface area contributed by atoms with Gasteiger partial charge in [-0.2, -0.15) is 5.10 Å². The Balaban J connectivity index is 1.42. The van der Waals surface area contributed by atoms with E-state index in [1.54, 1.807) is 22.9 Å². The molecule has 10 nitrogen and oxygen atoms in total. The summed E-state index contributed by atoms with van der Waals surface area (Å²) in [6.45, 7) is 6.41. The second-order valence-electron chi connectivity index (χ2n) is 7.76. The molecule has 0 saturated carbocycles. The fourth-order valence-corrected chi connectivity index (χ4v) is 3.64. The van der Waals surface area contributed by atoms with Crippen molar-refractivity contribution in [3.05, 3.63) is 48.0 Å². The van der Waals surface area contributed by atoms with E-state index in [0.717, 1.165) is 17.2 Å². The van der Waals surface area contributed by atoms with Crippen molar-refractivity contribution in [2.45, 2.75) is 20.8 Å². The average molecular weight is 435 g/mol. The van der Waals surface area contributed by atoms with Crippen LogP contribution >= 0.6 is 0 Å². The van der Waals surface area contributed by atoms with Gasteiger partial charge in [0.1, 0.15) is 17.9 Å². The highest BCUT2D eigenvalue weighted by Gasteiger charge is 2.34. The van der Waals surface area contributed by atoms with Crippen LogP contribution in [0, 0.1) is 19.8 Å². The molecule has 0 spiro atoms. The average Bonchev–Trinajstić information content (AvgIpc) is 3.05. The van der Waals surface area contributed by atoms with Crippen LogP contribution in [0.4, 0.5) is 17.2 Å². The molecule has 166 valence electrons. The summed E-state index contributed by atoms with van der Waals surface area (Å²) in [6.07, 6.45) is 1.51. The smallest absolute Gasteiger partial charge is 0.231 e. The minimum absolute atomic E-state index is 0.118. The van der Waals surface area contributed by atoms with Gasteiger partial charge in [0.15, 0.2) is 5.82 Å². The van der Waals surface area contributed by atoms with E-state index < -0.39 is 0 Å². The Bertz CT molecular complexity index is 1170. The zero-order valence-corrected chi connectivity index (χ0v) is 18.4.